The first kappa shape index (κ1) is 12.4. The molecule has 0 unspecified atom stereocenters. The van der Waals surface area contributed by atoms with Gasteiger partial charge in [0.2, 0.25) is 0 Å². The Kier molecular flexibility index (Phi) is 3.16. The van der Waals surface area contributed by atoms with Gasteiger partial charge < -0.3 is 4.90 Å². The highest BCUT2D eigenvalue weighted by molar-refractivity contribution is 7.16. The molecule has 1 aliphatic rings. The second-order valence-corrected chi connectivity index (χ2v) is 6.25. The second-order valence-electron chi connectivity index (χ2n) is 4.45. The summed E-state index contributed by atoms with van der Waals surface area (Å²) in [7, 11) is 0. The van der Waals surface area contributed by atoms with E-state index in [-0.39, 0.29) is 10.6 Å². The van der Waals surface area contributed by atoms with Crippen LogP contribution in [0.4, 0.5) is 11.4 Å². The molecule has 0 spiro atoms. The molecule has 0 saturated heterocycles. The average molecular weight is 295 g/mol. The number of non-ortho nitro benzene ring substituents is 1. The van der Waals surface area contributed by atoms with Gasteiger partial charge in [-0.3, -0.25) is 10.1 Å². The maximum Gasteiger partial charge on any atom is 0.271 e. The van der Waals surface area contributed by atoms with Crippen molar-refractivity contribution in [1.29, 1.82) is 0 Å². The Morgan fingerprint density at radius 2 is 2.21 bits per heavy atom. The van der Waals surface area contributed by atoms with Gasteiger partial charge in [-0.15, -0.1) is 11.3 Å². The number of anilines is 1. The lowest BCUT2D eigenvalue weighted by Crippen LogP contribution is -2.18. The van der Waals surface area contributed by atoms with Crippen LogP contribution < -0.4 is 4.90 Å². The van der Waals surface area contributed by atoms with Crippen molar-refractivity contribution in [3.8, 4) is 0 Å². The van der Waals surface area contributed by atoms with E-state index in [1.54, 1.807) is 23.5 Å². The normalized spacial score (nSPS) is 13.6. The minimum atomic E-state index is -0.348. The minimum absolute atomic E-state index is 0.148. The van der Waals surface area contributed by atoms with Gasteiger partial charge in [-0.1, -0.05) is 17.7 Å². The van der Waals surface area contributed by atoms with E-state index >= 15 is 0 Å². The van der Waals surface area contributed by atoms with Crippen LogP contribution >= 0.6 is 22.9 Å². The first-order chi connectivity index (χ1) is 9.13. The van der Waals surface area contributed by atoms with Crippen LogP contribution in [0.15, 0.2) is 30.3 Å². The molecule has 4 nitrogen and oxygen atoms in total. The Morgan fingerprint density at radius 3 is 2.89 bits per heavy atom. The number of benzene rings is 1. The summed E-state index contributed by atoms with van der Waals surface area (Å²) in [5.74, 6) is 0. The SMILES string of the molecule is O=[N+]([O-])c1ccc2c(c1)N(Cc1ccc(Cl)s1)CC2. The van der Waals surface area contributed by atoms with Crippen LogP contribution in [-0.4, -0.2) is 11.5 Å². The number of nitro groups is 1. The summed E-state index contributed by atoms with van der Waals surface area (Å²) in [6.07, 6.45) is 0.937. The van der Waals surface area contributed by atoms with E-state index in [0.29, 0.717) is 0 Å². The third-order valence-electron chi connectivity index (χ3n) is 3.25. The van der Waals surface area contributed by atoms with Gasteiger partial charge in [0.25, 0.3) is 5.69 Å². The van der Waals surface area contributed by atoms with E-state index in [9.17, 15) is 10.1 Å². The predicted octanol–water partition coefficient (Wildman–Crippen LogP) is 3.87. The highest BCUT2D eigenvalue weighted by Crippen LogP contribution is 2.34. The maximum atomic E-state index is 10.8. The molecule has 98 valence electrons. The number of rotatable bonds is 3. The van der Waals surface area contributed by atoms with Crippen molar-refractivity contribution in [2.24, 2.45) is 0 Å². The highest BCUT2D eigenvalue weighted by Gasteiger charge is 2.22. The molecule has 0 atom stereocenters. The average Bonchev–Trinajstić information content (AvgIpc) is 2.96. The lowest BCUT2D eigenvalue weighted by Gasteiger charge is -2.18. The lowest BCUT2D eigenvalue weighted by atomic mass is 10.1. The zero-order valence-electron chi connectivity index (χ0n) is 10.0. The summed E-state index contributed by atoms with van der Waals surface area (Å²) in [5.41, 5.74) is 2.29. The number of nitrogens with zero attached hydrogens (tertiary/aromatic N) is 2. The van der Waals surface area contributed by atoms with Crippen molar-refractivity contribution in [2.45, 2.75) is 13.0 Å². The van der Waals surface area contributed by atoms with Gasteiger partial charge in [0, 0.05) is 29.2 Å². The maximum absolute atomic E-state index is 10.8. The van der Waals surface area contributed by atoms with Crippen molar-refractivity contribution in [3.63, 3.8) is 0 Å². The monoisotopic (exact) mass is 294 g/mol. The molecule has 1 aromatic heterocycles. The van der Waals surface area contributed by atoms with E-state index < -0.39 is 0 Å². The molecule has 0 N–H and O–H groups in total. The van der Waals surface area contributed by atoms with Gasteiger partial charge in [-0.05, 0) is 24.1 Å². The Balaban J connectivity index is 1.88. The Hall–Kier alpha value is -1.59. The van der Waals surface area contributed by atoms with Gasteiger partial charge in [-0.2, -0.15) is 0 Å². The summed E-state index contributed by atoms with van der Waals surface area (Å²) in [4.78, 5) is 13.8. The summed E-state index contributed by atoms with van der Waals surface area (Å²) in [5, 5.41) is 10.8. The third-order valence-corrected chi connectivity index (χ3v) is 4.46. The molecular formula is C13H11ClN2O2S. The molecule has 2 aromatic rings. The van der Waals surface area contributed by atoms with Crippen LogP contribution in [0.5, 0.6) is 0 Å². The number of nitro benzene ring substituents is 1. The van der Waals surface area contributed by atoms with Crippen LogP contribution in [0.3, 0.4) is 0 Å². The fraction of sp³-hybridized carbons (Fsp3) is 0.231. The Labute approximate surface area is 119 Å². The molecule has 0 amide bonds. The van der Waals surface area contributed by atoms with Crippen molar-refractivity contribution in [3.05, 3.63) is 55.2 Å². The highest BCUT2D eigenvalue weighted by atomic mass is 35.5. The predicted molar refractivity (Wildman–Crippen MR) is 77.2 cm³/mol. The number of thiophene rings is 1. The number of hydrogen-bond acceptors (Lipinski definition) is 4. The van der Waals surface area contributed by atoms with Crippen molar-refractivity contribution in [2.75, 3.05) is 11.4 Å². The summed E-state index contributed by atoms with van der Waals surface area (Å²) >= 11 is 7.47. The van der Waals surface area contributed by atoms with Crippen molar-refractivity contribution >= 4 is 34.3 Å². The van der Waals surface area contributed by atoms with Gasteiger partial charge in [-0.25, -0.2) is 0 Å². The zero-order chi connectivity index (χ0) is 13.4. The first-order valence-electron chi connectivity index (χ1n) is 5.90. The Bertz CT molecular complexity index is 641. The van der Waals surface area contributed by atoms with Gasteiger partial charge in [0.1, 0.15) is 0 Å². The first-order valence-corrected chi connectivity index (χ1v) is 7.09. The summed E-state index contributed by atoms with van der Waals surface area (Å²) in [6, 6.07) is 8.98. The van der Waals surface area contributed by atoms with E-state index in [0.717, 1.165) is 29.5 Å². The molecule has 0 bridgehead atoms. The molecule has 3 rings (SSSR count). The summed E-state index contributed by atoms with van der Waals surface area (Å²) in [6.45, 7) is 1.65. The molecule has 0 aliphatic carbocycles. The molecule has 2 heterocycles. The fourth-order valence-electron chi connectivity index (χ4n) is 2.34. The molecule has 1 aromatic carbocycles. The molecule has 0 fully saturated rings. The van der Waals surface area contributed by atoms with Gasteiger partial charge >= 0.3 is 0 Å². The molecule has 1 aliphatic heterocycles. The topological polar surface area (TPSA) is 46.4 Å². The largest absolute Gasteiger partial charge is 0.366 e. The zero-order valence-corrected chi connectivity index (χ0v) is 11.6. The number of halogens is 1. The smallest absolute Gasteiger partial charge is 0.271 e. The lowest BCUT2D eigenvalue weighted by molar-refractivity contribution is -0.384. The fourth-order valence-corrected chi connectivity index (χ4v) is 3.44. The Morgan fingerprint density at radius 1 is 1.37 bits per heavy atom. The van der Waals surface area contributed by atoms with Gasteiger partial charge in [0.05, 0.1) is 15.8 Å². The van der Waals surface area contributed by atoms with E-state index in [2.05, 4.69) is 4.90 Å². The molecule has 19 heavy (non-hydrogen) atoms. The molecular weight excluding hydrogens is 284 g/mol. The van der Waals surface area contributed by atoms with E-state index in [1.165, 1.54) is 10.4 Å². The van der Waals surface area contributed by atoms with Crippen LogP contribution in [0.2, 0.25) is 4.34 Å². The third kappa shape index (κ3) is 2.43. The number of hydrogen-bond donors (Lipinski definition) is 0. The molecule has 6 heteroatoms. The summed E-state index contributed by atoms with van der Waals surface area (Å²) < 4.78 is 0.772. The quantitative estimate of drug-likeness (QED) is 0.637. The standard InChI is InChI=1S/C13H11ClN2O2S/c14-13-4-3-11(19-13)8-15-6-5-9-1-2-10(16(17)18)7-12(9)15/h1-4,7H,5-6,8H2. The molecule has 0 radical (unpaired) electrons. The van der Waals surface area contributed by atoms with Crippen LogP contribution in [0.1, 0.15) is 10.4 Å². The van der Waals surface area contributed by atoms with Crippen LogP contribution in [0, 0.1) is 10.1 Å². The van der Waals surface area contributed by atoms with Crippen molar-refractivity contribution < 1.29 is 4.92 Å². The molecule has 0 saturated carbocycles. The van der Waals surface area contributed by atoms with E-state index in [1.807, 2.05) is 18.2 Å². The number of fused-ring (bicyclic) bond motifs is 1. The van der Waals surface area contributed by atoms with Crippen LogP contribution in [0.25, 0.3) is 0 Å². The minimum Gasteiger partial charge on any atom is -0.366 e. The van der Waals surface area contributed by atoms with Crippen molar-refractivity contribution in [1.82, 2.24) is 0 Å². The second kappa shape index (κ2) is 4.83. The van der Waals surface area contributed by atoms with E-state index in [4.69, 9.17) is 11.6 Å². The van der Waals surface area contributed by atoms with Crippen LogP contribution in [-0.2, 0) is 13.0 Å². The van der Waals surface area contributed by atoms with Gasteiger partial charge in [0.15, 0.2) is 0 Å².